The van der Waals surface area contributed by atoms with Crippen molar-refractivity contribution in [2.45, 2.75) is 26.7 Å². The van der Waals surface area contributed by atoms with E-state index in [4.69, 9.17) is 9.47 Å². The molecule has 1 amide bonds. The van der Waals surface area contributed by atoms with E-state index in [1.807, 2.05) is 36.4 Å². The van der Waals surface area contributed by atoms with E-state index in [-0.39, 0.29) is 5.91 Å². The second kappa shape index (κ2) is 10.4. The van der Waals surface area contributed by atoms with Gasteiger partial charge in [0, 0.05) is 32.2 Å². The maximum atomic E-state index is 11.1. The molecule has 1 heterocycles. The van der Waals surface area contributed by atoms with Crippen molar-refractivity contribution in [3.63, 3.8) is 0 Å². The normalized spacial score (nSPS) is 12.6. The lowest BCUT2D eigenvalue weighted by molar-refractivity contribution is -0.114. The third-order valence-electron chi connectivity index (χ3n) is 4.43. The van der Waals surface area contributed by atoms with Gasteiger partial charge in [-0.1, -0.05) is 18.2 Å². The second-order valence-corrected chi connectivity index (χ2v) is 6.75. The molecule has 1 aliphatic heterocycles. The minimum absolute atomic E-state index is 0.0653. The van der Waals surface area contributed by atoms with Gasteiger partial charge in [-0.15, -0.1) is 0 Å². The van der Waals surface area contributed by atoms with Crippen LogP contribution in [0.4, 0.5) is 5.69 Å². The maximum absolute atomic E-state index is 11.1. The number of hydrogen-bond acceptors (Lipinski definition) is 4. The van der Waals surface area contributed by atoms with Crippen molar-refractivity contribution < 1.29 is 14.3 Å². The highest BCUT2D eigenvalue weighted by Crippen LogP contribution is 2.32. The Hall–Kier alpha value is -3.22. The van der Waals surface area contributed by atoms with Crippen molar-refractivity contribution in [1.29, 1.82) is 0 Å². The zero-order chi connectivity index (χ0) is 20.5. The fourth-order valence-corrected chi connectivity index (χ4v) is 3.02. The highest BCUT2D eigenvalue weighted by atomic mass is 16.7. The number of carbonyl (C=O) groups is 1. The van der Waals surface area contributed by atoms with Crippen molar-refractivity contribution in [3.05, 3.63) is 53.6 Å². The van der Waals surface area contributed by atoms with Gasteiger partial charge in [0.25, 0.3) is 0 Å². The molecule has 0 unspecified atom stereocenters. The summed E-state index contributed by atoms with van der Waals surface area (Å²) in [6, 6.07) is 13.9. The van der Waals surface area contributed by atoms with Crippen LogP contribution in [0.15, 0.2) is 47.5 Å². The van der Waals surface area contributed by atoms with Crippen molar-refractivity contribution in [2.24, 2.45) is 4.99 Å². The number of anilines is 1. The number of aliphatic imine (C=N–C) groups is 1. The third-order valence-corrected chi connectivity index (χ3v) is 4.43. The predicted octanol–water partition coefficient (Wildman–Crippen LogP) is 2.71. The van der Waals surface area contributed by atoms with Gasteiger partial charge in [0.1, 0.15) is 0 Å². The Balaban J connectivity index is 1.46. The molecule has 7 heteroatoms. The summed E-state index contributed by atoms with van der Waals surface area (Å²) in [5.74, 6) is 2.36. The summed E-state index contributed by atoms with van der Waals surface area (Å²) in [6.45, 7) is 6.11. The number of nitrogens with one attached hydrogen (secondary N) is 3. The van der Waals surface area contributed by atoms with Crippen LogP contribution in [0, 0.1) is 0 Å². The molecule has 0 atom stereocenters. The van der Waals surface area contributed by atoms with Crippen LogP contribution in [0.2, 0.25) is 0 Å². The topological polar surface area (TPSA) is 84.0 Å². The first kappa shape index (κ1) is 20.5. The molecule has 29 heavy (non-hydrogen) atoms. The summed E-state index contributed by atoms with van der Waals surface area (Å²) in [4.78, 5) is 15.7. The number of nitrogens with zero attached hydrogens (tertiary/aromatic N) is 1. The summed E-state index contributed by atoms with van der Waals surface area (Å²) in [5, 5.41) is 9.42. The van der Waals surface area contributed by atoms with Gasteiger partial charge in [-0.25, -0.2) is 0 Å². The van der Waals surface area contributed by atoms with Gasteiger partial charge in [-0.2, -0.15) is 0 Å². The molecule has 3 N–H and O–H groups in total. The zero-order valence-corrected chi connectivity index (χ0v) is 17.0. The van der Waals surface area contributed by atoms with Gasteiger partial charge in [-0.05, 0) is 55.2 Å². The van der Waals surface area contributed by atoms with E-state index in [1.54, 1.807) is 0 Å². The number of hydrogen-bond donors (Lipinski definition) is 3. The fourth-order valence-electron chi connectivity index (χ4n) is 3.02. The number of fused-ring (bicyclic) bond motifs is 1. The Morgan fingerprint density at radius 1 is 1.00 bits per heavy atom. The summed E-state index contributed by atoms with van der Waals surface area (Å²) in [5.41, 5.74) is 3.18. The maximum Gasteiger partial charge on any atom is 0.231 e. The zero-order valence-electron chi connectivity index (χ0n) is 17.0. The van der Waals surface area contributed by atoms with Crippen molar-refractivity contribution in [3.8, 4) is 11.5 Å². The molecule has 0 saturated carbocycles. The van der Waals surface area contributed by atoms with E-state index in [9.17, 15) is 4.79 Å². The van der Waals surface area contributed by atoms with Crippen LogP contribution in [0.5, 0.6) is 11.5 Å². The van der Waals surface area contributed by atoms with E-state index >= 15 is 0 Å². The average Bonchev–Trinajstić information content (AvgIpc) is 3.17. The number of guanidine groups is 1. The number of carbonyl (C=O) groups excluding carboxylic acids is 1. The van der Waals surface area contributed by atoms with Crippen molar-refractivity contribution in [1.82, 2.24) is 10.6 Å². The molecule has 2 aromatic rings. The smallest absolute Gasteiger partial charge is 0.231 e. The van der Waals surface area contributed by atoms with Gasteiger partial charge < -0.3 is 25.4 Å². The molecule has 0 fully saturated rings. The van der Waals surface area contributed by atoms with Crippen LogP contribution >= 0.6 is 0 Å². The molecular weight excluding hydrogens is 368 g/mol. The molecule has 0 bridgehead atoms. The van der Waals surface area contributed by atoms with Crippen molar-refractivity contribution in [2.75, 3.05) is 31.7 Å². The summed E-state index contributed by atoms with van der Waals surface area (Å²) in [6.07, 6.45) is 1.70. The number of benzene rings is 2. The van der Waals surface area contributed by atoms with Crippen LogP contribution in [0.3, 0.4) is 0 Å². The Labute approximate surface area is 171 Å². The molecule has 154 valence electrons. The summed E-state index contributed by atoms with van der Waals surface area (Å²) in [7, 11) is 0. The molecule has 0 spiro atoms. The second-order valence-electron chi connectivity index (χ2n) is 6.75. The van der Waals surface area contributed by atoms with E-state index in [2.05, 4.69) is 33.9 Å². The molecule has 1 aliphatic rings. The van der Waals surface area contributed by atoms with E-state index in [1.165, 1.54) is 18.1 Å². The SMILES string of the molecule is CCNC(=NCCc1ccc(NC(C)=O)cc1)NCCc1ccc2c(c1)OCO2. The van der Waals surface area contributed by atoms with E-state index in [0.717, 1.165) is 49.1 Å². The molecule has 0 aliphatic carbocycles. The number of amides is 1. The number of rotatable bonds is 8. The van der Waals surface area contributed by atoms with Crippen LogP contribution < -0.4 is 25.4 Å². The Morgan fingerprint density at radius 2 is 1.76 bits per heavy atom. The van der Waals surface area contributed by atoms with Crippen LogP contribution in [0.25, 0.3) is 0 Å². The lowest BCUT2D eigenvalue weighted by Gasteiger charge is -2.11. The number of ether oxygens (including phenoxy) is 2. The van der Waals surface area contributed by atoms with Crippen LogP contribution in [-0.2, 0) is 17.6 Å². The van der Waals surface area contributed by atoms with Crippen molar-refractivity contribution >= 4 is 17.6 Å². The highest BCUT2D eigenvalue weighted by molar-refractivity contribution is 5.88. The van der Waals surface area contributed by atoms with E-state index < -0.39 is 0 Å². The van der Waals surface area contributed by atoms with Gasteiger partial charge >= 0.3 is 0 Å². The Bertz CT molecular complexity index is 850. The molecular formula is C22H28N4O3. The lowest BCUT2D eigenvalue weighted by atomic mass is 10.1. The predicted molar refractivity (Wildman–Crippen MR) is 115 cm³/mol. The molecule has 2 aromatic carbocycles. The Morgan fingerprint density at radius 3 is 2.52 bits per heavy atom. The Kier molecular flexibility index (Phi) is 7.33. The van der Waals surface area contributed by atoms with Crippen LogP contribution in [-0.4, -0.2) is 38.3 Å². The first-order chi connectivity index (χ1) is 14.1. The lowest BCUT2D eigenvalue weighted by Crippen LogP contribution is -2.38. The molecule has 0 aromatic heterocycles. The van der Waals surface area contributed by atoms with Gasteiger partial charge in [-0.3, -0.25) is 9.79 Å². The molecule has 0 radical (unpaired) electrons. The van der Waals surface area contributed by atoms with Gasteiger partial charge in [0.2, 0.25) is 12.7 Å². The first-order valence-electron chi connectivity index (χ1n) is 9.91. The minimum atomic E-state index is -0.0653. The van der Waals surface area contributed by atoms with Gasteiger partial charge in [0.05, 0.1) is 0 Å². The molecule has 3 rings (SSSR count). The average molecular weight is 396 g/mol. The minimum Gasteiger partial charge on any atom is -0.454 e. The standard InChI is InChI=1S/C22H28N4O3/c1-3-23-22(24-12-10-17-4-7-19(8-5-17)26-16(2)27)25-13-11-18-6-9-20-21(14-18)29-15-28-20/h4-9,14H,3,10-13,15H2,1-2H3,(H,26,27)(H2,23,24,25). The van der Waals surface area contributed by atoms with Crippen LogP contribution in [0.1, 0.15) is 25.0 Å². The first-order valence-corrected chi connectivity index (χ1v) is 9.91. The molecule has 7 nitrogen and oxygen atoms in total. The third kappa shape index (κ3) is 6.41. The monoisotopic (exact) mass is 396 g/mol. The summed E-state index contributed by atoms with van der Waals surface area (Å²) < 4.78 is 10.8. The largest absolute Gasteiger partial charge is 0.454 e. The quantitative estimate of drug-likeness (QED) is 0.472. The van der Waals surface area contributed by atoms with Gasteiger partial charge in [0.15, 0.2) is 17.5 Å². The summed E-state index contributed by atoms with van der Waals surface area (Å²) >= 11 is 0. The highest BCUT2D eigenvalue weighted by Gasteiger charge is 2.12. The van der Waals surface area contributed by atoms with E-state index in [0.29, 0.717) is 13.3 Å². The molecule has 0 saturated heterocycles. The fraction of sp³-hybridized carbons (Fsp3) is 0.364.